The van der Waals surface area contributed by atoms with E-state index in [4.69, 9.17) is 0 Å². The van der Waals surface area contributed by atoms with Crippen LogP contribution < -0.4 is 10.6 Å². The Morgan fingerprint density at radius 3 is 2.26 bits per heavy atom. The minimum atomic E-state index is -0.963. The summed E-state index contributed by atoms with van der Waals surface area (Å²) in [7, 11) is 0. The van der Waals surface area contributed by atoms with Crippen molar-refractivity contribution >= 4 is 34.1 Å². The van der Waals surface area contributed by atoms with E-state index in [0.717, 1.165) is 35.1 Å². The van der Waals surface area contributed by atoms with E-state index in [0.29, 0.717) is 23.4 Å². The van der Waals surface area contributed by atoms with Crippen molar-refractivity contribution in [1.29, 1.82) is 0 Å². The molecule has 6 nitrogen and oxygen atoms in total. The number of carboxylic acids is 1. The number of carbonyl (C=O) groups excluding carboxylic acids is 2. The maximum Gasteiger partial charge on any atom is 0.307 e. The van der Waals surface area contributed by atoms with Gasteiger partial charge in [0.2, 0.25) is 5.91 Å². The molecule has 162 valence electrons. The summed E-state index contributed by atoms with van der Waals surface area (Å²) >= 11 is 1.30. The average molecular weight is 439 g/mol. The molecule has 3 N–H and O–H groups in total. The number of nitrogens with one attached hydrogen (secondary N) is 2. The van der Waals surface area contributed by atoms with Crippen LogP contribution in [0.3, 0.4) is 0 Å². The predicted molar refractivity (Wildman–Crippen MR) is 121 cm³/mol. The van der Waals surface area contributed by atoms with Crippen molar-refractivity contribution in [3.63, 3.8) is 0 Å². The van der Waals surface area contributed by atoms with Gasteiger partial charge in [-0.25, -0.2) is 0 Å². The van der Waals surface area contributed by atoms with Crippen molar-refractivity contribution in [3.05, 3.63) is 52.4 Å². The van der Waals surface area contributed by atoms with Crippen molar-refractivity contribution in [1.82, 2.24) is 5.32 Å². The van der Waals surface area contributed by atoms with E-state index in [9.17, 15) is 19.5 Å². The molecule has 0 radical (unpaired) electrons. The summed E-state index contributed by atoms with van der Waals surface area (Å²) < 4.78 is 0. The lowest BCUT2D eigenvalue weighted by molar-refractivity contribution is -0.146. The largest absolute Gasteiger partial charge is 0.481 e. The molecule has 1 fully saturated rings. The van der Waals surface area contributed by atoms with Gasteiger partial charge in [-0.05, 0) is 45.1 Å². The summed E-state index contributed by atoms with van der Waals surface area (Å²) in [4.78, 5) is 38.0. The first-order chi connectivity index (χ1) is 14.8. The lowest BCUT2D eigenvalue weighted by Crippen LogP contribution is -2.36. The number of carboxylic acid groups (broad SMARTS) is 1. The third-order valence-corrected chi connectivity index (χ3v) is 7.07. The van der Waals surface area contributed by atoms with Gasteiger partial charge in [0, 0.05) is 17.0 Å². The number of anilines is 1. The van der Waals surface area contributed by atoms with Crippen molar-refractivity contribution in [2.24, 2.45) is 11.8 Å². The fraction of sp³-hybridized carbons (Fsp3) is 0.375. The van der Waals surface area contributed by atoms with Gasteiger partial charge in [0.1, 0.15) is 5.00 Å². The Kier molecular flexibility index (Phi) is 5.96. The van der Waals surface area contributed by atoms with Gasteiger partial charge < -0.3 is 15.7 Å². The Morgan fingerprint density at radius 1 is 1.00 bits per heavy atom. The van der Waals surface area contributed by atoms with Crippen LogP contribution >= 0.6 is 11.3 Å². The number of benzene rings is 1. The third-order valence-electron chi connectivity index (χ3n) is 6.17. The van der Waals surface area contributed by atoms with Gasteiger partial charge in [0.15, 0.2) is 0 Å². The summed E-state index contributed by atoms with van der Waals surface area (Å²) in [5.41, 5.74) is 4.20. The molecule has 0 bridgehead atoms. The highest BCUT2D eigenvalue weighted by Gasteiger charge is 2.38. The molecule has 2 atom stereocenters. The van der Waals surface area contributed by atoms with E-state index in [1.807, 2.05) is 49.6 Å². The number of hydrogen-bond donors (Lipinski definition) is 3. The normalized spacial score (nSPS) is 21.0. The second-order valence-electron chi connectivity index (χ2n) is 8.48. The monoisotopic (exact) mass is 438 g/mol. The molecule has 2 amide bonds. The first-order valence-corrected chi connectivity index (χ1v) is 11.4. The van der Waals surface area contributed by atoms with Gasteiger partial charge in [-0.3, -0.25) is 14.4 Å². The van der Waals surface area contributed by atoms with Gasteiger partial charge in [-0.15, -0.1) is 11.3 Å². The number of rotatable bonds is 6. The molecule has 2 aliphatic rings. The maximum atomic E-state index is 13.2. The van der Waals surface area contributed by atoms with Gasteiger partial charge in [-0.2, -0.15) is 0 Å². The highest BCUT2D eigenvalue weighted by molar-refractivity contribution is 7.15. The Hall–Kier alpha value is -2.93. The van der Waals surface area contributed by atoms with Crippen LogP contribution in [0.15, 0.2) is 46.9 Å². The smallest absolute Gasteiger partial charge is 0.307 e. The Bertz CT molecular complexity index is 1050. The summed E-state index contributed by atoms with van der Waals surface area (Å²) in [5, 5.41) is 17.9. The van der Waals surface area contributed by atoms with Crippen molar-refractivity contribution < 1.29 is 19.5 Å². The van der Waals surface area contributed by atoms with Gasteiger partial charge >= 0.3 is 5.97 Å². The highest BCUT2D eigenvalue weighted by Crippen LogP contribution is 2.39. The molecule has 1 heterocycles. The molecule has 1 saturated carbocycles. The van der Waals surface area contributed by atoms with Crippen molar-refractivity contribution in [3.8, 4) is 11.1 Å². The Labute approximate surface area is 185 Å². The molecule has 0 saturated heterocycles. The molecule has 0 spiro atoms. The first-order valence-electron chi connectivity index (χ1n) is 10.5. The van der Waals surface area contributed by atoms with Crippen LogP contribution in [0.4, 0.5) is 5.00 Å². The molecule has 2 aromatic rings. The molecule has 1 aromatic carbocycles. The fourth-order valence-corrected chi connectivity index (χ4v) is 4.99. The quantitative estimate of drug-likeness (QED) is 0.570. The zero-order valence-electron chi connectivity index (χ0n) is 17.6. The van der Waals surface area contributed by atoms with Crippen molar-refractivity contribution in [2.75, 3.05) is 5.32 Å². The molecular formula is C24H26N2O4S. The minimum absolute atomic E-state index is 0.185. The van der Waals surface area contributed by atoms with E-state index in [1.54, 1.807) is 0 Å². The zero-order chi connectivity index (χ0) is 22.1. The van der Waals surface area contributed by atoms with E-state index in [1.165, 1.54) is 11.3 Å². The highest BCUT2D eigenvalue weighted by atomic mass is 32.1. The van der Waals surface area contributed by atoms with Crippen LogP contribution in [-0.2, 0) is 9.59 Å². The second kappa shape index (κ2) is 8.67. The summed E-state index contributed by atoms with van der Waals surface area (Å²) in [6.07, 6.45) is 2.71. The molecule has 31 heavy (non-hydrogen) atoms. The van der Waals surface area contributed by atoms with Crippen LogP contribution in [0.2, 0.25) is 0 Å². The SMILES string of the molecule is CC1=C(C)C[C@@H](C(=O)O)[C@@H](C(=O)Nc2scc(-c3ccccc3)c2C(=O)NC2CC2)C1. The van der Waals surface area contributed by atoms with Gasteiger partial charge in [-0.1, -0.05) is 41.5 Å². The summed E-state index contributed by atoms with van der Waals surface area (Å²) in [6, 6.07) is 9.77. The molecule has 0 aliphatic heterocycles. The second-order valence-corrected chi connectivity index (χ2v) is 9.36. The number of allylic oxidation sites excluding steroid dienone is 2. The summed E-state index contributed by atoms with van der Waals surface area (Å²) in [5.74, 6) is -2.94. The summed E-state index contributed by atoms with van der Waals surface area (Å²) in [6.45, 7) is 3.87. The number of carbonyl (C=O) groups is 3. The van der Waals surface area contributed by atoms with Crippen LogP contribution in [-0.4, -0.2) is 28.9 Å². The predicted octanol–water partition coefficient (Wildman–Crippen LogP) is 4.69. The lowest BCUT2D eigenvalue weighted by atomic mass is 9.76. The van der Waals surface area contributed by atoms with E-state index >= 15 is 0 Å². The van der Waals surface area contributed by atoms with E-state index in [-0.39, 0.29) is 17.9 Å². The van der Waals surface area contributed by atoms with Crippen LogP contribution in [0.25, 0.3) is 11.1 Å². The fourth-order valence-electron chi connectivity index (χ4n) is 4.02. The van der Waals surface area contributed by atoms with Crippen LogP contribution in [0.5, 0.6) is 0 Å². The maximum absolute atomic E-state index is 13.2. The van der Waals surface area contributed by atoms with Crippen LogP contribution in [0.1, 0.15) is 49.9 Å². The van der Waals surface area contributed by atoms with Gasteiger partial charge in [0.25, 0.3) is 5.91 Å². The first kappa shape index (κ1) is 21.3. The number of hydrogen-bond acceptors (Lipinski definition) is 4. The topological polar surface area (TPSA) is 95.5 Å². The van der Waals surface area contributed by atoms with Crippen molar-refractivity contribution in [2.45, 2.75) is 45.6 Å². The number of aliphatic carboxylic acids is 1. The average Bonchev–Trinajstić information content (AvgIpc) is 3.46. The van der Waals surface area contributed by atoms with Crippen LogP contribution in [0, 0.1) is 11.8 Å². The minimum Gasteiger partial charge on any atom is -0.481 e. The zero-order valence-corrected chi connectivity index (χ0v) is 18.4. The Morgan fingerprint density at radius 2 is 1.65 bits per heavy atom. The standard InChI is InChI=1S/C24H26N2O4S/c1-13-10-17(18(24(29)30)11-14(13)2)21(27)26-23-20(22(28)25-16-8-9-16)19(12-31-23)15-6-4-3-5-7-15/h3-7,12,16-18H,8-11H2,1-2H3,(H,25,28)(H,26,27)(H,29,30)/t17-,18+/m0/s1. The van der Waals surface area contributed by atoms with E-state index < -0.39 is 17.8 Å². The Balaban J connectivity index is 1.64. The molecule has 1 aromatic heterocycles. The molecule has 0 unspecified atom stereocenters. The lowest BCUT2D eigenvalue weighted by Gasteiger charge is -2.29. The molecule has 7 heteroatoms. The number of amides is 2. The molecule has 4 rings (SSSR count). The number of thiophene rings is 1. The molecular weight excluding hydrogens is 412 g/mol. The molecule has 2 aliphatic carbocycles. The van der Waals surface area contributed by atoms with Gasteiger partial charge in [0.05, 0.1) is 17.4 Å². The van der Waals surface area contributed by atoms with E-state index in [2.05, 4.69) is 10.6 Å². The third kappa shape index (κ3) is 4.56.